The second kappa shape index (κ2) is 16.8. The SMILES string of the molecule is CC[C@@H]1Cc2cc(OCc3ccccc3)c(C)cc2-c2cc(=O)c(C(=O)O)cn21.CC[C@H]1Cc2cc(OCc3ccccc3)c(C)cc2-c2cc(=O)c(C(=O)O)cn21. The molecule has 0 saturated carbocycles. The Morgan fingerprint density at radius 3 is 1.33 bits per heavy atom. The molecule has 0 radical (unpaired) electrons. The van der Waals surface area contributed by atoms with Crippen molar-refractivity contribution in [3.63, 3.8) is 0 Å². The highest BCUT2D eigenvalue weighted by atomic mass is 16.5. The van der Waals surface area contributed by atoms with Gasteiger partial charge >= 0.3 is 11.9 Å². The highest BCUT2D eigenvalue weighted by Gasteiger charge is 2.28. The second-order valence-electron chi connectivity index (χ2n) is 14.9. The van der Waals surface area contributed by atoms with Gasteiger partial charge in [0.25, 0.3) is 0 Å². The lowest BCUT2D eigenvalue weighted by Gasteiger charge is -2.31. The van der Waals surface area contributed by atoms with E-state index in [1.807, 2.05) is 95.8 Å². The maximum atomic E-state index is 12.3. The largest absolute Gasteiger partial charge is 0.489 e. The first kappa shape index (κ1) is 39.6. The van der Waals surface area contributed by atoms with Gasteiger partial charge in [0.2, 0.25) is 0 Å². The number of fused-ring (bicyclic) bond motifs is 6. The van der Waals surface area contributed by atoms with E-state index >= 15 is 0 Å². The van der Waals surface area contributed by atoms with Gasteiger partial charge in [0.05, 0.1) is 11.4 Å². The summed E-state index contributed by atoms with van der Waals surface area (Å²) in [4.78, 5) is 47.5. The van der Waals surface area contributed by atoms with Crippen molar-refractivity contribution < 1.29 is 29.3 Å². The molecule has 8 rings (SSSR count). The van der Waals surface area contributed by atoms with Crippen molar-refractivity contribution in [2.24, 2.45) is 0 Å². The first-order valence-electron chi connectivity index (χ1n) is 19.6. The summed E-state index contributed by atoms with van der Waals surface area (Å²) in [6.45, 7) is 9.10. The Morgan fingerprint density at radius 2 is 0.983 bits per heavy atom. The molecule has 0 fully saturated rings. The number of benzene rings is 4. The number of aromatic carboxylic acids is 2. The van der Waals surface area contributed by atoms with Crippen molar-refractivity contribution in [1.29, 1.82) is 0 Å². The number of ether oxygens (including phenoxy) is 2. The first-order valence-corrected chi connectivity index (χ1v) is 19.6. The molecule has 58 heavy (non-hydrogen) atoms. The fourth-order valence-electron chi connectivity index (χ4n) is 7.90. The first-order chi connectivity index (χ1) is 27.9. The second-order valence-corrected chi connectivity index (χ2v) is 14.9. The molecule has 0 bridgehead atoms. The Kier molecular flexibility index (Phi) is 11.5. The van der Waals surface area contributed by atoms with Crippen molar-refractivity contribution in [3.05, 3.63) is 174 Å². The van der Waals surface area contributed by atoms with E-state index in [2.05, 4.69) is 26.0 Å². The molecule has 4 heterocycles. The van der Waals surface area contributed by atoms with Gasteiger partial charge in [-0.25, -0.2) is 9.59 Å². The number of pyridine rings is 2. The molecule has 0 amide bonds. The summed E-state index contributed by atoms with van der Waals surface area (Å²) >= 11 is 0. The van der Waals surface area contributed by atoms with Crippen LogP contribution >= 0.6 is 0 Å². The molecule has 10 heteroatoms. The predicted octanol–water partition coefficient (Wildman–Crippen LogP) is 9.22. The monoisotopic (exact) mass is 778 g/mol. The molecule has 2 aliphatic rings. The molecule has 2 N–H and O–H groups in total. The summed E-state index contributed by atoms with van der Waals surface area (Å²) in [6, 6.07) is 31.3. The Morgan fingerprint density at radius 1 is 0.603 bits per heavy atom. The summed E-state index contributed by atoms with van der Waals surface area (Å²) in [6.07, 6.45) is 6.19. The van der Waals surface area contributed by atoms with Crippen molar-refractivity contribution in [2.75, 3.05) is 0 Å². The normalized spacial score (nSPS) is 14.8. The summed E-state index contributed by atoms with van der Waals surface area (Å²) in [5.41, 5.74) is 8.58. The van der Waals surface area contributed by atoms with Crippen LogP contribution < -0.4 is 20.3 Å². The lowest BCUT2D eigenvalue weighted by atomic mass is 9.89. The summed E-state index contributed by atoms with van der Waals surface area (Å²) in [5, 5.41) is 18.7. The van der Waals surface area contributed by atoms with Crippen LogP contribution in [0.2, 0.25) is 0 Å². The van der Waals surface area contributed by atoms with Crippen LogP contribution in [0.15, 0.2) is 119 Å². The molecular formula is C48H46N2O8. The lowest BCUT2D eigenvalue weighted by molar-refractivity contribution is 0.0683. The van der Waals surface area contributed by atoms with Crippen LogP contribution in [-0.4, -0.2) is 31.3 Å². The molecule has 0 aliphatic carbocycles. The van der Waals surface area contributed by atoms with Crippen molar-refractivity contribution in [3.8, 4) is 34.0 Å². The summed E-state index contributed by atoms with van der Waals surface area (Å²) < 4.78 is 16.0. The Hall–Kier alpha value is -6.68. The van der Waals surface area contributed by atoms with Crippen LogP contribution in [0, 0.1) is 13.8 Å². The van der Waals surface area contributed by atoms with Gasteiger partial charge in [0, 0.05) is 47.7 Å². The molecule has 0 saturated heterocycles. The standard InChI is InChI=1S/2C24H23NO4/c2*1-3-18-10-17-11-23(29-14-16-7-5-4-6-8-16)15(2)9-19(17)21-12-22(26)20(24(27)28)13-25(18)21/h2*4-9,11-13,18H,3,10,14H2,1-2H3,(H,27,28)/t2*18-/m10/s1. The molecule has 2 atom stereocenters. The highest BCUT2D eigenvalue weighted by molar-refractivity contribution is 5.88. The zero-order valence-corrected chi connectivity index (χ0v) is 33.0. The maximum absolute atomic E-state index is 12.3. The Labute approximate surface area is 336 Å². The number of carboxylic acid groups (broad SMARTS) is 2. The van der Waals surface area contributed by atoms with Gasteiger partial charge in [0.15, 0.2) is 10.9 Å². The summed E-state index contributed by atoms with van der Waals surface area (Å²) in [5.74, 6) is -0.709. The molecule has 6 aromatic rings. The van der Waals surface area contributed by atoms with E-state index in [1.165, 1.54) is 24.5 Å². The number of hydrogen-bond donors (Lipinski definition) is 2. The van der Waals surface area contributed by atoms with Gasteiger partial charge in [-0.1, -0.05) is 74.5 Å². The topological polar surface area (TPSA) is 137 Å². The van der Waals surface area contributed by atoms with Gasteiger partial charge in [-0.2, -0.15) is 0 Å². The van der Waals surface area contributed by atoms with E-state index in [1.54, 1.807) is 0 Å². The number of carboxylic acids is 2. The molecule has 0 spiro atoms. The Bertz CT molecular complexity index is 2450. The van der Waals surface area contributed by atoms with E-state index < -0.39 is 22.8 Å². The third kappa shape index (κ3) is 8.09. The van der Waals surface area contributed by atoms with E-state index in [9.17, 15) is 29.4 Å². The quantitative estimate of drug-likeness (QED) is 0.141. The lowest BCUT2D eigenvalue weighted by Crippen LogP contribution is -2.25. The number of aromatic nitrogens is 2. The highest BCUT2D eigenvalue weighted by Crippen LogP contribution is 2.40. The fourth-order valence-corrected chi connectivity index (χ4v) is 7.90. The number of hydrogen-bond acceptors (Lipinski definition) is 6. The minimum Gasteiger partial charge on any atom is -0.489 e. The predicted molar refractivity (Wildman–Crippen MR) is 223 cm³/mol. The van der Waals surface area contributed by atoms with Crippen LogP contribution in [-0.2, 0) is 26.1 Å². The third-order valence-electron chi connectivity index (χ3n) is 11.1. The zero-order valence-electron chi connectivity index (χ0n) is 33.0. The average molecular weight is 779 g/mol. The van der Waals surface area contributed by atoms with Crippen LogP contribution in [0.25, 0.3) is 22.5 Å². The molecule has 10 nitrogen and oxygen atoms in total. The zero-order chi connectivity index (χ0) is 41.1. The number of nitrogens with zero attached hydrogens (tertiary/aromatic N) is 2. The molecule has 2 aromatic heterocycles. The van der Waals surface area contributed by atoms with Crippen molar-refractivity contribution >= 4 is 11.9 Å². The average Bonchev–Trinajstić information content (AvgIpc) is 3.22. The van der Waals surface area contributed by atoms with Crippen LogP contribution in [0.4, 0.5) is 0 Å². The van der Waals surface area contributed by atoms with Crippen molar-refractivity contribution in [2.45, 2.75) is 78.7 Å². The van der Waals surface area contributed by atoms with E-state index in [-0.39, 0.29) is 23.2 Å². The van der Waals surface area contributed by atoms with Crippen molar-refractivity contribution in [1.82, 2.24) is 9.13 Å². The van der Waals surface area contributed by atoms with Gasteiger partial charge < -0.3 is 28.8 Å². The summed E-state index contributed by atoms with van der Waals surface area (Å²) in [7, 11) is 0. The van der Waals surface area contributed by atoms with Gasteiger partial charge in [-0.3, -0.25) is 9.59 Å². The molecule has 0 unspecified atom stereocenters. The fraction of sp³-hybridized carbons (Fsp3) is 0.250. The van der Waals surface area contributed by atoms with Crippen LogP contribution in [0.5, 0.6) is 11.5 Å². The Balaban J connectivity index is 0.000000177. The molecule has 2 aliphatic heterocycles. The van der Waals surface area contributed by atoms with Crippen LogP contribution in [0.3, 0.4) is 0 Å². The maximum Gasteiger partial charge on any atom is 0.341 e. The molecule has 296 valence electrons. The van der Waals surface area contributed by atoms with E-state index in [4.69, 9.17) is 9.47 Å². The minimum atomic E-state index is -1.19. The van der Waals surface area contributed by atoms with Gasteiger partial charge in [-0.15, -0.1) is 0 Å². The van der Waals surface area contributed by atoms with Crippen LogP contribution in [0.1, 0.15) is 92.9 Å². The number of rotatable bonds is 10. The van der Waals surface area contributed by atoms with E-state index in [0.717, 1.165) is 93.1 Å². The molecule has 4 aromatic carbocycles. The van der Waals surface area contributed by atoms with Gasteiger partial charge in [0.1, 0.15) is 35.8 Å². The van der Waals surface area contributed by atoms with Gasteiger partial charge in [-0.05, 0) is 97.2 Å². The third-order valence-corrected chi connectivity index (χ3v) is 11.1. The number of carbonyl (C=O) groups is 2. The van der Waals surface area contributed by atoms with E-state index in [0.29, 0.717) is 13.2 Å². The number of aryl methyl sites for hydroxylation is 2. The smallest absolute Gasteiger partial charge is 0.341 e. The minimum absolute atomic E-state index is 0.0980. The molecular weight excluding hydrogens is 733 g/mol.